The van der Waals surface area contributed by atoms with Gasteiger partial charge in [-0.25, -0.2) is 0 Å². The Morgan fingerprint density at radius 1 is 1.44 bits per heavy atom. The summed E-state index contributed by atoms with van der Waals surface area (Å²) in [6, 6.07) is 7.82. The second-order valence-electron chi connectivity index (χ2n) is 3.83. The molecule has 16 heavy (non-hydrogen) atoms. The summed E-state index contributed by atoms with van der Waals surface area (Å²) in [6.45, 7) is 2.29. The molecule has 0 aliphatic rings. The lowest BCUT2D eigenvalue weighted by Gasteiger charge is -2.14. The molecule has 0 amide bonds. The maximum atomic E-state index is 10.1. The second kappa shape index (κ2) is 4.87. The first kappa shape index (κ1) is 11.5. The molecule has 2 unspecified atom stereocenters. The Kier molecular flexibility index (Phi) is 3.49. The number of aliphatic hydroxyl groups excluding tert-OH is 1. The van der Waals surface area contributed by atoms with Crippen molar-refractivity contribution in [3.05, 3.63) is 36.0 Å². The van der Waals surface area contributed by atoms with Crippen LogP contribution in [0.15, 0.2) is 30.5 Å². The van der Waals surface area contributed by atoms with E-state index >= 15 is 0 Å². The Bertz CT molecular complexity index is 467. The van der Waals surface area contributed by atoms with Crippen LogP contribution in [0.1, 0.15) is 18.6 Å². The predicted molar refractivity (Wildman–Crippen MR) is 66.6 cm³/mol. The average molecular weight is 239 g/mol. The SMILES string of the molecule is CC(Cl)NCC(O)c1cccc2[nH]ccc12. The van der Waals surface area contributed by atoms with Crippen LogP contribution in [-0.2, 0) is 0 Å². The molecule has 0 bridgehead atoms. The lowest BCUT2D eigenvalue weighted by Crippen LogP contribution is -2.26. The monoisotopic (exact) mass is 238 g/mol. The van der Waals surface area contributed by atoms with E-state index < -0.39 is 6.10 Å². The maximum absolute atomic E-state index is 10.1. The number of H-pyrrole nitrogens is 1. The highest BCUT2D eigenvalue weighted by atomic mass is 35.5. The van der Waals surface area contributed by atoms with Crippen molar-refractivity contribution >= 4 is 22.5 Å². The molecule has 0 aliphatic heterocycles. The van der Waals surface area contributed by atoms with Gasteiger partial charge in [0.2, 0.25) is 0 Å². The zero-order valence-electron chi connectivity index (χ0n) is 9.07. The molecule has 86 valence electrons. The Morgan fingerprint density at radius 2 is 2.25 bits per heavy atom. The molecule has 4 heteroatoms. The fourth-order valence-corrected chi connectivity index (χ4v) is 1.87. The number of hydrogen-bond acceptors (Lipinski definition) is 2. The first-order chi connectivity index (χ1) is 7.68. The summed E-state index contributed by atoms with van der Waals surface area (Å²) in [6.07, 6.45) is 1.33. The van der Waals surface area contributed by atoms with Gasteiger partial charge in [-0.1, -0.05) is 12.1 Å². The van der Waals surface area contributed by atoms with E-state index in [9.17, 15) is 5.11 Å². The van der Waals surface area contributed by atoms with Gasteiger partial charge in [0.05, 0.1) is 11.6 Å². The molecular formula is C12H15ClN2O. The van der Waals surface area contributed by atoms with Crippen molar-refractivity contribution in [2.45, 2.75) is 18.5 Å². The van der Waals surface area contributed by atoms with Gasteiger partial charge in [-0.2, -0.15) is 0 Å². The first-order valence-corrected chi connectivity index (χ1v) is 5.73. The minimum absolute atomic E-state index is 0.139. The summed E-state index contributed by atoms with van der Waals surface area (Å²) >= 11 is 5.78. The molecule has 0 saturated carbocycles. The molecule has 1 aromatic heterocycles. The number of aliphatic hydroxyl groups is 1. The molecule has 1 aromatic carbocycles. The minimum atomic E-state index is -0.541. The van der Waals surface area contributed by atoms with E-state index in [-0.39, 0.29) is 5.50 Å². The van der Waals surface area contributed by atoms with Crippen molar-refractivity contribution in [3.63, 3.8) is 0 Å². The third kappa shape index (κ3) is 2.38. The summed E-state index contributed by atoms with van der Waals surface area (Å²) in [5, 5.41) is 14.1. The quantitative estimate of drug-likeness (QED) is 0.566. The van der Waals surface area contributed by atoms with E-state index in [2.05, 4.69) is 10.3 Å². The summed E-state index contributed by atoms with van der Waals surface area (Å²) in [4.78, 5) is 3.12. The second-order valence-corrected chi connectivity index (χ2v) is 4.48. The van der Waals surface area contributed by atoms with Crippen LogP contribution in [0.4, 0.5) is 0 Å². The number of halogens is 1. The van der Waals surface area contributed by atoms with Gasteiger partial charge < -0.3 is 10.1 Å². The summed E-state index contributed by atoms with van der Waals surface area (Å²) in [7, 11) is 0. The highest BCUT2D eigenvalue weighted by Crippen LogP contribution is 2.23. The van der Waals surface area contributed by atoms with Crippen molar-refractivity contribution in [1.29, 1.82) is 0 Å². The number of nitrogens with one attached hydrogen (secondary N) is 2. The van der Waals surface area contributed by atoms with Gasteiger partial charge >= 0.3 is 0 Å². The lowest BCUT2D eigenvalue weighted by atomic mass is 10.0. The average Bonchev–Trinajstić information content (AvgIpc) is 2.73. The van der Waals surface area contributed by atoms with Crippen LogP contribution >= 0.6 is 11.6 Å². The predicted octanol–water partition coefficient (Wildman–Crippen LogP) is 2.38. The minimum Gasteiger partial charge on any atom is -0.387 e. The highest BCUT2D eigenvalue weighted by Gasteiger charge is 2.11. The summed E-state index contributed by atoms with van der Waals surface area (Å²) < 4.78 is 0. The van der Waals surface area contributed by atoms with E-state index in [0.717, 1.165) is 16.5 Å². The Balaban J connectivity index is 2.22. The van der Waals surface area contributed by atoms with Crippen molar-refractivity contribution < 1.29 is 5.11 Å². The molecular weight excluding hydrogens is 224 g/mol. The number of aromatic nitrogens is 1. The van der Waals surface area contributed by atoms with E-state index in [4.69, 9.17) is 11.6 Å². The fraction of sp³-hybridized carbons (Fsp3) is 0.333. The Morgan fingerprint density at radius 3 is 3.00 bits per heavy atom. The zero-order chi connectivity index (χ0) is 11.5. The first-order valence-electron chi connectivity index (χ1n) is 5.30. The van der Waals surface area contributed by atoms with E-state index in [0.29, 0.717) is 6.54 Å². The lowest BCUT2D eigenvalue weighted by molar-refractivity contribution is 0.175. The molecule has 0 aliphatic carbocycles. The molecule has 3 nitrogen and oxygen atoms in total. The van der Waals surface area contributed by atoms with Crippen LogP contribution in [0.3, 0.4) is 0 Å². The van der Waals surface area contributed by atoms with Crippen LogP contribution in [0, 0.1) is 0 Å². The van der Waals surface area contributed by atoms with E-state index in [1.165, 1.54) is 0 Å². The number of hydrogen-bond donors (Lipinski definition) is 3. The van der Waals surface area contributed by atoms with E-state index in [1.807, 2.05) is 37.4 Å². The number of rotatable bonds is 4. The smallest absolute Gasteiger partial charge is 0.0921 e. The Labute approximate surface area is 99.4 Å². The van der Waals surface area contributed by atoms with Gasteiger partial charge in [0.25, 0.3) is 0 Å². The molecule has 3 N–H and O–H groups in total. The van der Waals surface area contributed by atoms with Gasteiger partial charge in [0.15, 0.2) is 0 Å². The van der Waals surface area contributed by atoms with Gasteiger partial charge in [0, 0.05) is 23.6 Å². The highest BCUT2D eigenvalue weighted by molar-refractivity contribution is 6.20. The number of aromatic amines is 1. The molecule has 2 atom stereocenters. The summed E-state index contributed by atoms with van der Waals surface area (Å²) in [5.41, 5.74) is 1.82. The standard InChI is InChI=1S/C12H15ClN2O/c1-8(13)15-7-12(16)10-3-2-4-11-9(10)5-6-14-11/h2-6,8,12,14-16H,7H2,1H3. The largest absolute Gasteiger partial charge is 0.387 e. The van der Waals surface area contributed by atoms with Crippen molar-refractivity contribution in [2.75, 3.05) is 6.54 Å². The normalized spacial score (nSPS) is 15.2. The number of benzene rings is 1. The van der Waals surface area contributed by atoms with Crippen molar-refractivity contribution in [2.24, 2.45) is 0 Å². The Hall–Kier alpha value is -1.03. The van der Waals surface area contributed by atoms with Gasteiger partial charge in [-0.15, -0.1) is 11.6 Å². The van der Waals surface area contributed by atoms with Crippen LogP contribution in [-0.4, -0.2) is 22.1 Å². The maximum Gasteiger partial charge on any atom is 0.0921 e. The van der Waals surface area contributed by atoms with Gasteiger partial charge in [-0.3, -0.25) is 5.32 Å². The van der Waals surface area contributed by atoms with Crippen LogP contribution in [0.25, 0.3) is 10.9 Å². The third-order valence-corrected chi connectivity index (χ3v) is 2.73. The molecule has 0 fully saturated rings. The molecule has 2 aromatic rings. The molecule has 2 rings (SSSR count). The third-order valence-electron chi connectivity index (χ3n) is 2.58. The van der Waals surface area contributed by atoms with Crippen LogP contribution in [0.5, 0.6) is 0 Å². The number of fused-ring (bicyclic) bond motifs is 1. The van der Waals surface area contributed by atoms with Gasteiger partial charge in [-0.05, 0) is 24.6 Å². The molecule has 0 radical (unpaired) electrons. The number of alkyl halides is 1. The van der Waals surface area contributed by atoms with Gasteiger partial charge in [0.1, 0.15) is 0 Å². The van der Waals surface area contributed by atoms with Crippen molar-refractivity contribution in [1.82, 2.24) is 10.3 Å². The molecule has 0 saturated heterocycles. The van der Waals surface area contributed by atoms with Crippen LogP contribution in [0.2, 0.25) is 0 Å². The molecule has 0 spiro atoms. The fourth-order valence-electron chi connectivity index (χ4n) is 1.78. The van der Waals surface area contributed by atoms with Crippen LogP contribution < -0.4 is 5.32 Å². The zero-order valence-corrected chi connectivity index (χ0v) is 9.83. The van der Waals surface area contributed by atoms with Crippen molar-refractivity contribution in [3.8, 4) is 0 Å². The summed E-state index contributed by atoms with van der Waals surface area (Å²) in [5.74, 6) is 0. The topological polar surface area (TPSA) is 48.0 Å². The molecule has 1 heterocycles. The van der Waals surface area contributed by atoms with E-state index in [1.54, 1.807) is 0 Å².